The van der Waals surface area contributed by atoms with Crippen molar-refractivity contribution >= 4 is 41.6 Å². The zero-order valence-corrected chi connectivity index (χ0v) is 55.8. The summed E-state index contributed by atoms with van der Waals surface area (Å²) in [5, 5.41) is 140. The van der Waals surface area contributed by atoms with Gasteiger partial charge in [0, 0.05) is 104 Å². The minimum atomic E-state index is -1.79. The fourth-order valence-corrected chi connectivity index (χ4v) is 11.7. The third-order valence-electron chi connectivity index (χ3n) is 17.4. The first-order valence-corrected chi connectivity index (χ1v) is 34.1. The molecule has 32 nitrogen and oxygen atoms in total. The maximum atomic E-state index is 13.4. The normalized spacial score (nSPS) is 26.3. The molecule has 0 saturated carbocycles. The lowest BCUT2D eigenvalue weighted by molar-refractivity contribution is -0.298. The topological polar surface area (TPSA) is 475 Å². The monoisotopic (exact) mass is 1370 g/mol. The summed E-state index contributed by atoms with van der Waals surface area (Å²) in [4.78, 5) is 91.5. The van der Waals surface area contributed by atoms with Crippen LogP contribution in [0.15, 0.2) is 0 Å². The van der Waals surface area contributed by atoms with E-state index >= 15 is 0 Å². The van der Waals surface area contributed by atoms with Gasteiger partial charge in [0.15, 0.2) is 18.9 Å². The maximum absolute atomic E-state index is 13.4. The van der Waals surface area contributed by atoms with E-state index in [1.807, 2.05) is 0 Å². The predicted molar refractivity (Wildman–Crippen MR) is 338 cm³/mol. The van der Waals surface area contributed by atoms with Crippen molar-refractivity contribution in [2.24, 2.45) is 0 Å². The van der Waals surface area contributed by atoms with Gasteiger partial charge in [-0.1, -0.05) is 104 Å². The van der Waals surface area contributed by atoms with Crippen LogP contribution in [0.4, 0.5) is 0 Å². The third kappa shape index (κ3) is 33.3. The van der Waals surface area contributed by atoms with Crippen LogP contribution in [0.2, 0.25) is 0 Å². The van der Waals surface area contributed by atoms with Gasteiger partial charge in [0.25, 0.3) is 0 Å². The van der Waals surface area contributed by atoms with Crippen molar-refractivity contribution in [2.75, 3.05) is 98.4 Å². The Bertz CT molecular complexity index is 2050. The highest BCUT2D eigenvalue weighted by Crippen LogP contribution is 2.27. The van der Waals surface area contributed by atoms with Gasteiger partial charge in [-0.3, -0.25) is 48.3 Å². The molecule has 3 aliphatic heterocycles. The average molecular weight is 1370 g/mol. The molecule has 0 unspecified atom stereocenters. The molecule has 3 amide bonds. The molecule has 15 atom stereocenters. The summed E-state index contributed by atoms with van der Waals surface area (Å²) < 4.78 is 35.0. The number of hydrogen-bond donors (Lipinski definition) is 15. The maximum Gasteiger partial charge on any atom is 0.304 e. The fraction of sp³-hybridized carbons (Fsp3) is 0.889. The van der Waals surface area contributed by atoms with Crippen molar-refractivity contribution in [3.8, 4) is 0 Å². The Hall–Kier alpha value is -4.43. The van der Waals surface area contributed by atoms with E-state index in [1.165, 1.54) is 42.4 Å². The van der Waals surface area contributed by atoms with Crippen LogP contribution in [-0.4, -0.2) is 324 Å². The Kier molecular flexibility index (Phi) is 42.4. The highest BCUT2D eigenvalue weighted by molar-refractivity contribution is 5.77. The van der Waals surface area contributed by atoms with Crippen molar-refractivity contribution in [2.45, 2.75) is 260 Å². The van der Waals surface area contributed by atoms with E-state index in [2.05, 4.69) is 24.5 Å². The number of ether oxygens (including phenoxy) is 6. The van der Waals surface area contributed by atoms with Gasteiger partial charge in [-0.05, 0) is 12.8 Å². The molecule has 0 aromatic carbocycles. The van der Waals surface area contributed by atoms with Crippen LogP contribution in [0.25, 0.3) is 0 Å². The number of aliphatic carboxylic acids is 4. The zero-order valence-electron chi connectivity index (χ0n) is 55.8. The number of nitrogens with one attached hydrogen (secondary N) is 2. The van der Waals surface area contributed by atoms with Crippen molar-refractivity contribution in [1.82, 2.24) is 30.2 Å². The summed E-state index contributed by atoms with van der Waals surface area (Å²) in [5.74, 6) is -5.89. The number of nitrogens with zero attached hydrogens (tertiary/aromatic N) is 4. The number of carbonyl (C=O) groups is 7. The fourth-order valence-electron chi connectivity index (χ4n) is 11.7. The standard InChI is InChI=1S/C63H114N6O26/c1-4-6-8-10-12-14-16-18-42(19-17-15-13-11-9-7-5-2)69(41(3)70)34-37-92-63-60(89)57(86)52(81)43(95-63)38-66(28-20-46(71)64-26-35-90-61-58(87)55(84)53(82)44(93-61)39-67(30-22-48(73)74)31-23-49(75)76)29-21-47(72)65-27-36-91-62-59(88)56(85)54(83)45(94-62)40-68(32-24-50(77)78)33-25-51(79)80/h42-45,52-63,81-89H,4-40H2,1-3H3,(H,64,71)(H,65,72)(H,73,74)(H,75,76)(H,77,78)(H,79,80)/t43-,44-,45-,52-,53-,54-,55+,56+,57+,58-,59-,60-,61-,62-,63-/m1/s1. The largest absolute Gasteiger partial charge is 0.481 e. The van der Waals surface area contributed by atoms with E-state index in [4.69, 9.17) is 28.4 Å². The first-order valence-electron chi connectivity index (χ1n) is 34.1. The smallest absolute Gasteiger partial charge is 0.304 e. The molecule has 0 spiro atoms. The second kappa shape index (κ2) is 47.5. The van der Waals surface area contributed by atoms with Crippen LogP contribution in [0.1, 0.15) is 162 Å². The van der Waals surface area contributed by atoms with Gasteiger partial charge in [-0.25, -0.2) is 0 Å². The van der Waals surface area contributed by atoms with Crippen LogP contribution >= 0.6 is 0 Å². The van der Waals surface area contributed by atoms with E-state index in [-0.39, 0.29) is 149 Å². The zero-order chi connectivity index (χ0) is 70.4. The number of unbranched alkanes of at least 4 members (excludes halogenated alkanes) is 12. The van der Waals surface area contributed by atoms with Gasteiger partial charge >= 0.3 is 23.9 Å². The van der Waals surface area contributed by atoms with Crippen molar-refractivity contribution < 1.29 is 128 Å². The molecule has 0 aliphatic carbocycles. The Labute approximate surface area is 557 Å². The highest BCUT2D eigenvalue weighted by atomic mass is 16.7. The second-order valence-corrected chi connectivity index (χ2v) is 25.0. The summed E-state index contributed by atoms with van der Waals surface area (Å²) in [7, 11) is 0. The molecule has 0 bridgehead atoms. The summed E-state index contributed by atoms with van der Waals surface area (Å²) in [6.07, 6.45) is -8.69. The molecule has 0 aromatic heterocycles. The molecule has 0 aromatic rings. The summed E-state index contributed by atoms with van der Waals surface area (Å²) >= 11 is 0. The molecule has 3 aliphatic rings. The van der Waals surface area contributed by atoms with Crippen LogP contribution in [0.3, 0.4) is 0 Å². The van der Waals surface area contributed by atoms with E-state index in [1.54, 1.807) is 9.80 Å². The molecule has 552 valence electrons. The Morgan fingerprint density at radius 1 is 0.379 bits per heavy atom. The highest BCUT2D eigenvalue weighted by Gasteiger charge is 2.47. The van der Waals surface area contributed by atoms with Crippen LogP contribution < -0.4 is 10.6 Å². The van der Waals surface area contributed by atoms with E-state index < -0.39 is 128 Å². The summed E-state index contributed by atoms with van der Waals surface area (Å²) in [5.41, 5.74) is 0. The number of aliphatic hydroxyl groups excluding tert-OH is 9. The molecule has 3 rings (SSSR count). The lowest BCUT2D eigenvalue weighted by Crippen LogP contribution is -2.61. The number of rotatable bonds is 53. The summed E-state index contributed by atoms with van der Waals surface area (Å²) in [6.45, 7) is 3.61. The van der Waals surface area contributed by atoms with Crippen molar-refractivity contribution in [3.05, 3.63) is 0 Å². The van der Waals surface area contributed by atoms with Gasteiger partial charge in [0.2, 0.25) is 17.7 Å². The number of hydrogen-bond acceptors (Lipinski definition) is 25. The molecular weight excluding hydrogens is 1260 g/mol. The van der Waals surface area contributed by atoms with Gasteiger partial charge in [-0.15, -0.1) is 0 Å². The molecule has 15 N–H and O–H groups in total. The molecule has 95 heavy (non-hydrogen) atoms. The number of carbonyl (C=O) groups excluding carboxylic acids is 3. The van der Waals surface area contributed by atoms with E-state index in [0.717, 1.165) is 77.0 Å². The first kappa shape index (κ1) is 84.8. The number of amides is 3. The van der Waals surface area contributed by atoms with Gasteiger partial charge in [0.05, 0.1) is 45.5 Å². The molecule has 3 fully saturated rings. The minimum absolute atomic E-state index is 0.0467. The van der Waals surface area contributed by atoms with Crippen LogP contribution in [0.5, 0.6) is 0 Å². The molecule has 0 radical (unpaired) electrons. The van der Waals surface area contributed by atoms with Crippen LogP contribution in [0, 0.1) is 0 Å². The SMILES string of the molecule is CCCCCCCCCC(CCCCCCCCC)N(CCO[C@@H]1O[C@H](CN(CCC(=O)NCCO[C@@H]2O[C@H](CN(CCC(=O)O)CCC(=O)O)[C@@H](O)[C@H](O)[C@H]2O)CCC(=O)NCCO[C@@H]2O[C@H](CN(CCC(=O)O)CCC(=O)O)[C@@H](O)[C@H](O)[C@H]2O)[C@@H](O)[C@H](O)[C@H]1O)C(C)=O. The third-order valence-corrected chi connectivity index (χ3v) is 17.4. The van der Waals surface area contributed by atoms with Gasteiger partial charge in [0.1, 0.15) is 73.2 Å². The number of carboxylic acid groups (broad SMARTS) is 4. The lowest BCUT2D eigenvalue weighted by Gasteiger charge is -2.42. The number of aliphatic hydroxyl groups is 9. The Balaban J connectivity index is 1.73. The van der Waals surface area contributed by atoms with Crippen molar-refractivity contribution in [3.63, 3.8) is 0 Å². The lowest BCUT2D eigenvalue weighted by atomic mass is 9.98. The predicted octanol–water partition coefficient (Wildman–Crippen LogP) is -1.23. The van der Waals surface area contributed by atoms with E-state index in [0.29, 0.717) is 0 Å². The molecule has 3 saturated heterocycles. The van der Waals surface area contributed by atoms with Gasteiger partial charge in [-0.2, -0.15) is 0 Å². The Morgan fingerprint density at radius 3 is 0.958 bits per heavy atom. The molecule has 32 heteroatoms. The van der Waals surface area contributed by atoms with Crippen LogP contribution in [-0.2, 0) is 62.0 Å². The number of carboxylic acids is 4. The first-order chi connectivity index (χ1) is 45.3. The molecular formula is C63H114N6O26. The Morgan fingerprint density at radius 2 is 0.663 bits per heavy atom. The quantitative estimate of drug-likeness (QED) is 0.0317. The average Bonchev–Trinajstić information content (AvgIpc) is 0.832. The van der Waals surface area contributed by atoms with E-state index in [9.17, 15) is 99.9 Å². The van der Waals surface area contributed by atoms with Crippen molar-refractivity contribution in [1.29, 1.82) is 0 Å². The van der Waals surface area contributed by atoms with Gasteiger partial charge < -0.3 is 110 Å². The molecule has 3 heterocycles. The second-order valence-electron chi connectivity index (χ2n) is 25.0. The summed E-state index contributed by atoms with van der Waals surface area (Å²) in [6, 6.07) is -0.0467. The minimum Gasteiger partial charge on any atom is -0.481 e.